The molecule has 1 aromatic heterocycles. The van der Waals surface area contributed by atoms with Crippen molar-refractivity contribution in [2.45, 2.75) is 0 Å². The molecule has 2 rings (SSSR count). The van der Waals surface area contributed by atoms with E-state index in [1.807, 2.05) is 12.1 Å². The van der Waals surface area contributed by atoms with Crippen LogP contribution in [0.3, 0.4) is 0 Å². The molecule has 49 valence electrons. The Morgan fingerprint density at radius 1 is 1.40 bits per heavy atom. The van der Waals surface area contributed by atoms with Gasteiger partial charge in [0.15, 0.2) is 0 Å². The highest BCUT2D eigenvalue weighted by atomic mass is 15.1. The van der Waals surface area contributed by atoms with Gasteiger partial charge in [0.2, 0.25) is 0 Å². The quantitative estimate of drug-likeness (QED) is 0.579. The van der Waals surface area contributed by atoms with Crippen molar-refractivity contribution in [1.82, 2.24) is 15.9 Å². The van der Waals surface area contributed by atoms with Crippen LogP contribution in [0.25, 0.3) is 10.9 Å². The van der Waals surface area contributed by atoms with E-state index in [1.165, 1.54) is 0 Å². The maximum atomic E-state index is 7.42. The zero-order valence-corrected chi connectivity index (χ0v) is 5.26. The summed E-state index contributed by atoms with van der Waals surface area (Å²) < 4.78 is 0. The number of hydrogen-bond acceptors (Lipinski definition) is 1. The molecule has 1 heterocycles. The Morgan fingerprint density at radius 2 is 2.30 bits per heavy atom. The molecule has 0 saturated carbocycles. The third-order valence-corrected chi connectivity index (χ3v) is 1.48. The predicted octanol–water partition coefficient (Wildman–Crippen LogP) is 1.48. The van der Waals surface area contributed by atoms with Gasteiger partial charge in [-0.15, -0.1) is 0 Å². The average Bonchev–Trinajstić information content (AvgIpc) is 2.36. The van der Waals surface area contributed by atoms with E-state index in [4.69, 9.17) is 5.73 Å². The molecule has 1 radical (unpaired) electrons. The lowest BCUT2D eigenvalue weighted by Gasteiger charge is -1.89. The zero-order valence-electron chi connectivity index (χ0n) is 5.26. The molecule has 0 bridgehead atoms. The summed E-state index contributed by atoms with van der Waals surface area (Å²) in [6.07, 6.45) is 1.66. The van der Waals surface area contributed by atoms with Crippen LogP contribution in [0, 0.1) is 0 Å². The van der Waals surface area contributed by atoms with Crippen molar-refractivity contribution < 1.29 is 0 Å². The molecule has 1 aromatic carbocycles. The molecule has 3 heteroatoms. The van der Waals surface area contributed by atoms with E-state index >= 15 is 0 Å². The molecule has 0 unspecified atom stereocenters. The number of aromatic amines is 1. The van der Waals surface area contributed by atoms with Crippen molar-refractivity contribution in [1.29, 1.82) is 0 Å². The van der Waals surface area contributed by atoms with E-state index < -0.39 is 0 Å². The van der Waals surface area contributed by atoms with Gasteiger partial charge in [-0.2, -0.15) is 5.10 Å². The SMILES string of the molecule is [NH]c1cccc2[nH]ncc12. The normalized spacial score (nSPS) is 10.4. The Kier molecular flexibility index (Phi) is 0.917. The highest BCUT2D eigenvalue weighted by Crippen LogP contribution is 2.18. The van der Waals surface area contributed by atoms with E-state index in [2.05, 4.69) is 10.2 Å². The van der Waals surface area contributed by atoms with Crippen LogP contribution in [0.15, 0.2) is 24.4 Å². The van der Waals surface area contributed by atoms with Crippen molar-refractivity contribution in [2.75, 3.05) is 0 Å². The van der Waals surface area contributed by atoms with Gasteiger partial charge in [0, 0.05) is 5.39 Å². The lowest BCUT2D eigenvalue weighted by Crippen LogP contribution is -1.70. The highest BCUT2D eigenvalue weighted by Gasteiger charge is 1.96. The molecule has 0 aliphatic carbocycles. The molecule has 0 amide bonds. The standard InChI is InChI=1S/C7H6N3/c8-6-2-1-3-7-5(6)4-9-10-7/h1-4,8H,(H,9,10). The highest BCUT2D eigenvalue weighted by molar-refractivity contribution is 5.88. The lowest BCUT2D eigenvalue weighted by atomic mass is 10.2. The topological polar surface area (TPSA) is 52.5 Å². The first-order valence-electron chi connectivity index (χ1n) is 3.01. The van der Waals surface area contributed by atoms with Crippen LogP contribution in [0.5, 0.6) is 0 Å². The molecule has 3 nitrogen and oxygen atoms in total. The fraction of sp³-hybridized carbons (Fsp3) is 0. The monoisotopic (exact) mass is 132 g/mol. The maximum absolute atomic E-state index is 7.42. The minimum absolute atomic E-state index is 0.520. The van der Waals surface area contributed by atoms with Gasteiger partial charge in [0.1, 0.15) is 0 Å². The number of rotatable bonds is 0. The molecule has 0 saturated heterocycles. The van der Waals surface area contributed by atoms with Crippen molar-refractivity contribution in [2.24, 2.45) is 0 Å². The molecular formula is C7H6N3. The summed E-state index contributed by atoms with van der Waals surface area (Å²) >= 11 is 0. The summed E-state index contributed by atoms with van der Waals surface area (Å²) in [6, 6.07) is 5.49. The number of nitrogens with one attached hydrogen (secondary N) is 2. The van der Waals surface area contributed by atoms with Gasteiger partial charge in [0.25, 0.3) is 0 Å². The van der Waals surface area contributed by atoms with Gasteiger partial charge in [0.05, 0.1) is 17.4 Å². The minimum atomic E-state index is 0.520. The third kappa shape index (κ3) is 0.572. The number of fused-ring (bicyclic) bond motifs is 1. The van der Waals surface area contributed by atoms with Crippen molar-refractivity contribution in [3.63, 3.8) is 0 Å². The maximum Gasteiger partial charge on any atom is 0.0671 e. The largest absolute Gasteiger partial charge is 0.300 e. The Hall–Kier alpha value is -1.51. The Balaban J connectivity index is 2.95. The smallest absolute Gasteiger partial charge is 0.0671 e. The van der Waals surface area contributed by atoms with Crippen molar-refractivity contribution in [3.05, 3.63) is 24.4 Å². The second kappa shape index (κ2) is 1.73. The summed E-state index contributed by atoms with van der Waals surface area (Å²) in [4.78, 5) is 0. The summed E-state index contributed by atoms with van der Waals surface area (Å²) in [5, 5.41) is 7.48. The number of H-pyrrole nitrogens is 1. The van der Waals surface area contributed by atoms with Crippen molar-refractivity contribution >= 4 is 16.6 Å². The van der Waals surface area contributed by atoms with Crippen LogP contribution in [-0.2, 0) is 0 Å². The average molecular weight is 132 g/mol. The number of nitrogens with zero attached hydrogens (tertiary/aromatic N) is 1. The third-order valence-electron chi connectivity index (χ3n) is 1.48. The molecule has 2 N–H and O–H groups in total. The van der Waals surface area contributed by atoms with E-state index in [0.29, 0.717) is 5.69 Å². The molecule has 0 atom stereocenters. The van der Waals surface area contributed by atoms with E-state index in [1.54, 1.807) is 12.3 Å². The zero-order chi connectivity index (χ0) is 6.97. The van der Waals surface area contributed by atoms with Crippen LogP contribution in [-0.4, -0.2) is 10.2 Å². The van der Waals surface area contributed by atoms with Gasteiger partial charge in [-0.1, -0.05) is 6.07 Å². The Labute approximate surface area is 57.9 Å². The Bertz CT molecular complexity index is 350. The second-order valence-corrected chi connectivity index (χ2v) is 2.14. The molecule has 0 spiro atoms. The molecular weight excluding hydrogens is 126 g/mol. The Morgan fingerprint density at radius 3 is 3.10 bits per heavy atom. The fourth-order valence-electron chi connectivity index (χ4n) is 0.968. The van der Waals surface area contributed by atoms with Gasteiger partial charge in [-0.25, -0.2) is 0 Å². The van der Waals surface area contributed by atoms with E-state index in [0.717, 1.165) is 10.9 Å². The van der Waals surface area contributed by atoms with Gasteiger partial charge < -0.3 is 5.73 Å². The van der Waals surface area contributed by atoms with Gasteiger partial charge >= 0.3 is 0 Å². The van der Waals surface area contributed by atoms with Gasteiger partial charge in [-0.3, -0.25) is 5.10 Å². The van der Waals surface area contributed by atoms with Crippen LogP contribution in [0.4, 0.5) is 5.69 Å². The van der Waals surface area contributed by atoms with Crippen LogP contribution < -0.4 is 5.73 Å². The second-order valence-electron chi connectivity index (χ2n) is 2.14. The predicted molar refractivity (Wildman–Crippen MR) is 38.9 cm³/mol. The van der Waals surface area contributed by atoms with Crippen LogP contribution in [0.1, 0.15) is 0 Å². The lowest BCUT2D eigenvalue weighted by molar-refractivity contribution is 1.12. The molecule has 0 aliphatic heterocycles. The van der Waals surface area contributed by atoms with Crippen LogP contribution >= 0.6 is 0 Å². The van der Waals surface area contributed by atoms with Gasteiger partial charge in [-0.05, 0) is 12.1 Å². The van der Waals surface area contributed by atoms with Crippen molar-refractivity contribution in [3.8, 4) is 0 Å². The number of hydrogen-bond donors (Lipinski definition) is 1. The minimum Gasteiger partial charge on any atom is -0.300 e. The molecule has 0 aliphatic rings. The number of benzene rings is 1. The molecule has 0 fully saturated rings. The van der Waals surface area contributed by atoms with E-state index in [9.17, 15) is 0 Å². The number of aromatic nitrogens is 2. The van der Waals surface area contributed by atoms with E-state index in [-0.39, 0.29) is 0 Å². The summed E-state index contributed by atoms with van der Waals surface area (Å²) in [5.41, 5.74) is 8.86. The fourth-order valence-corrected chi connectivity index (χ4v) is 0.968. The first kappa shape index (κ1) is 5.29. The first-order chi connectivity index (χ1) is 4.88. The summed E-state index contributed by atoms with van der Waals surface area (Å²) in [7, 11) is 0. The molecule has 10 heavy (non-hydrogen) atoms. The molecule has 2 aromatic rings. The summed E-state index contributed by atoms with van der Waals surface area (Å²) in [6.45, 7) is 0. The first-order valence-corrected chi connectivity index (χ1v) is 3.01. The van der Waals surface area contributed by atoms with Crippen LogP contribution in [0.2, 0.25) is 0 Å². The summed E-state index contributed by atoms with van der Waals surface area (Å²) in [5.74, 6) is 0.